The number of likely N-dealkylation sites (tertiary alicyclic amines) is 1. The van der Waals surface area contributed by atoms with Crippen LogP contribution in [0.2, 0.25) is 0 Å². The van der Waals surface area contributed by atoms with Crippen molar-refractivity contribution in [3.8, 4) is 0 Å². The Morgan fingerprint density at radius 1 is 1.39 bits per heavy atom. The van der Waals surface area contributed by atoms with E-state index in [0.717, 1.165) is 31.5 Å². The molecule has 0 aliphatic carbocycles. The minimum absolute atomic E-state index is 0.117. The summed E-state index contributed by atoms with van der Waals surface area (Å²) in [5, 5.41) is 0.697. The molecule has 18 heavy (non-hydrogen) atoms. The van der Waals surface area contributed by atoms with E-state index in [1.165, 1.54) is 0 Å². The van der Waals surface area contributed by atoms with Gasteiger partial charge in [-0.05, 0) is 50.7 Å². The highest BCUT2D eigenvalue weighted by atomic mass is 79.9. The number of anilines is 1. The molecule has 1 fully saturated rings. The Labute approximate surface area is 117 Å². The molecule has 0 radical (unpaired) electrons. The number of piperidine rings is 1. The zero-order chi connectivity index (χ0) is 13.1. The summed E-state index contributed by atoms with van der Waals surface area (Å²) in [6, 6.07) is 5.95. The molecular formula is C14H20BrFN2. The van der Waals surface area contributed by atoms with Crippen LogP contribution in [0.5, 0.6) is 0 Å². The van der Waals surface area contributed by atoms with E-state index in [1.54, 1.807) is 6.07 Å². The van der Waals surface area contributed by atoms with Crippen LogP contribution >= 0.6 is 15.9 Å². The van der Waals surface area contributed by atoms with E-state index in [-0.39, 0.29) is 5.82 Å². The maximum atomic E-state index is 14.0. The molecular weight excluding hydrogens is 295 g/mol. The molecule has 0 N–H and O–H groups in total. The van der Waals surface area contributed by atoms with Gasteiger partial charge in [0.1, 0.15) is 5.82 Å². The van der Waals surface area contributed by atoms with Gasteiger partial charge in [-0.1, -0.05) is 22.0 Å². The third kappa shape index (κ3) is 3.04. The lowest BCUT2D eigenvalue weighted by atomic mass is 10.0. The van der Waals surface area contributed by atoms with Gasteiger partial charge in [-0.2, -0.15) is 0 Å². The van der Waals surface area contributed by atoms with Gasteiger partial charge in [0.2, 0.25) is 0 Å². The standard InChI is InChI=1S/C14H20BrFN2/c1-17-7-5-12(6-8-17)18(2)14-4-3-11(10-15)9-13(14)16/h3-4,9,12H,5-8,10H2,1-2H3. The van der Waals surface area contributed by atoms with Crippen LogP contribution in [0.3, 0.4) is 0 Å². The molecule has 1 saturated heterocycles. The first-order valence-electron chi connectivity index (χ1n) is 6.37. The van der Waals surface area contributed by atoms with Crippen molar-refractivity contribution in [2.75, 3.05) is 32.1 Å². The first-order valence-corrected chi connectivity index (χ1v) is 7.49. The van der Waals surface area contributed by atoms with Gasteiger partial charge in [0.25, 0.3) is 0 Å². The molecule has 100 valence electrons. The minimum Gasteiger partial charge on any atom is -0.369 e. The summed E-state index contributed by atoms with van der Waals surface area (Å²) < 4.78 is 14.0. The molecule has 2 nitrogen and oxygen atoms in total. The van der Waals surface area contributed by atoms with E-state index in [2.05, 4.69) is 32.8 Å². The Morgan fingerprint density at radius 2 is 2.06 bits per heavy atom. The molecule has 0 unspecified atom stereocenters. The number of benzene rings is 1. The number of nitrogens with zero attached hydrogens (tertiary/aromatic N) is 2. The topological polar surface area (TPSA) is 6.48 Å². The molecule has 0 amide bonds. The highest BCUT2D eigenvalue weighted by Crippen LogP contribution is 2.25. The average molecular weight is 315 g/mol. The molecule has 0 aromatic heterocycles. The highest BCUT2D eigenvalue weighted by Gasteiger charge is 2.22. The van der Waals surface area contributed by atoms with Crippen LogP contribution in [0.25, 0.3) is 0 Å². The predicted octanol–water partition coefficient (Wildman–Crippen LogP) is 3.25. The van der Waals surface area contributed by atoms with E-state index >= 15 is 0 Å². The van der Waals surface area contributed by atoms with Gasteiger partial charge in [-0.15, -0.1) is 0 Å². The van der Waals surface area contributed by atoms with Crippen molar-refractivity contribution in [1.29, 1.82) is 0 Å². The van der Waals surface area contributed by atoms with Crippen LogP contribution in [0.1, 0.15) is 18.4 Å². The normalized spacial score (nSPS) is 18.0. The number of hydrogen-bond acceptors (Lipinski definition) is 2. The molecule has 1 aromatic rings. The Kier molecular flexibility index (Phi) is 4.62. The van der Waals surface area contributed by atoms with Gasteiger partial charge >= 0.3 is 0 Å². The van der Waals surface area contributed by atoms with E-state index in [9.17, 15) is 4.39 Å². The van der Waals surface area contributed by atoms with Crippen molar-refractivity contribution in [2.24, 2.45) is 0 Å². The lowest BCUT2D eigenvalue weighted by molar-refractivity contribution is 0.252. The molecule has 0 spiro atoms. The van der Waals surface area contributed by atoms with Crippen LogP contribution in [0, 0.1) is 5.82 Å². The summed E-state index contributed by atoms with van der Waals surface area (Å²) in [5.74, 6) is -0.117. The van der Waals surface area contributed by atoms with Crippen molar-refractivity contribution >= 4 is 21.6 Å². The smallest absolute Gasteiger partial charge is 0.146 e. The first kappa shape index (κ1) is 13.8. The zero-order valence-electron chi connectivity index (χ0n) is 11.0. The quantitative estimate of drug-likeness (QED) is 0.790. The van der Waals surface area contributed by atoms with E-state index < -0.39 is 0 Å². The molecule has 0 saturated carbocycles. The lowest BCUT2D eigenvalue weighted by Crippen LogP contribution is -2.42. The zero-order valence-corrected chi connectivity index (χ0v) is 12.6. The Bertz CT molecular complexity index is 403. The average Bonchev–Trinajstić information content (AvgIpc) is 2.38. The summed E-state index contributed by atoms with van der Waals surface area (Å²) in [4.78, 5) is 4.43. The molecule has 0 bridgehead atoms. The van der Waals surface area contributed by atoms with Gasteiger partial charge < -0.3 is 9.80 Å². The van der Waals surface area contributed by atoms with Crippen molar-refractivity contribution in [2.45, 2.75) is 24.2 Å². The van der Waals surface area contributed by atoms with Crippen LogP contribution in [0.4, 0.5) is 10.1 Å². The summed E-state index contributed by atoms with van der Waals surface area (Å²) in [6.45, 7) is 2.19. The maximum absolute atomic E-state index is 14.0. The number of rotatable bonds is 3. The molecule has 4 heteroatoms. The molecule has 1 aromatic carbocycles. The van der Waals surface area contributed by atoms with Crippen molar-refractivity contribution in [3.05, 3.63) is 29.6 Å². The highest BCUT2D eigenvalue weighted by molar-refractivity contribution is 9.08. The monoisotopic (exact) mass is 314 g/mol. The minimum atomic E-state index is -0.117. The molecule has 1 aliphatic heterocycles. The van der Waals surface area contributed by atoms with Gasteiger partial charge in [0, 0.05) is 18.4 Å². The van der Waals surface area contributed by atoms with Gasteiger partial charge in [-0.25, -0.2) is 4.39 Å². The number of halogens is 2. The largest absolute Gasteiger partial charge is 0.369 e. The Morgan fingerprint density at radius 3 is 2.61 bits per heavy atom. The van der Waals surface area contributed by atoms with Crippen LogP contribution < -0.4 is 4.90 Å². The van der Waals surface area contributed by atoms with Crippen LogP contribution in [-0.2, 0) is 5.33 Å². The van der Waals surface area contributed by atoms with Crippen LogP contribution in [0.15, 0.2) is 18.2 Å². The van der Waals surface area contributed by atoms with Crippen molar-refractivity contribution in [1.82, 2.24) is 4.90 Å². The molecule has 2 rings (SSSR count). The fourth-order valence-corrected chi connectivity index (χ4v) is 2.85. The second-order valence-electron chi connectivity index (χ2n) is 5.06. The predicted molar refractivity (Wildman–Crippen MR) is 78.0 cm³/mol. The third-order valence-corrected chi connectivity index (χ3v) is 4.43. The summed E-state index contributed by atoms with van der Waals surface area (Å²) >= 11 is 3.35. The Hall–Kier alpha value is -0.610. The molecule has 1 aliphatic rings. The first-order chi connectivity index (χ1) is 8.61. The van der Waals surface area contributed by atoms with E-state index in [4.69, 9.17) is 0 Å². The SMILES string of the molecule is CN1CCC(N(C)c2ccc(CBr)cc2F)CC1. The number of alkyl halides is 1. The Balaban J connectivity index is 2.11. The molecule has 1 heterocycles. The maximum Gasteiger partial charge on any atom is 0.146 e. The fourth-order valence-electron chi connectivity index (χ4n) is 2.50. The lowest BCUT2D eigenvalue weighted by Gasteiger charge is -2.36. The van der Waals surface area contributed by atoms with E-state index in [0.29, 0.717) is 17.1 Å². The second kappa shape index (κ2) is 6.02. The van der Waals surface area contributed by atoms with Gasteiger partial charge in [0.15, 0.2) is 0 Å². The van der Waals surface area contributed by atoms with Crippen molar-refractivity contribution in [3.63, 3.8) is 0 Å². The summed E-state index contributed by atoms with van der Waals surface area (Å²) in [6.07, 6.45) is 2.21. The van der Waals surface area contributed by atoms with Gasteiger partial charge in [-0.3, -0.25) is 0 Å². The molecule has 0 atom stereocenters. The fraction of sp³-hybridized carbons (Fsp3) is 0.571. The summed E-state index contributed by atoms with van der Waals surface area (Å²) in [5.41, 5.74) is 1.70. The van der Waals surface area contributed by atoms with Crippen molar-refractivity contribution < 1.29 is 4.39 Å². The van der Waals surface area contributed by atoms with E-state index in [1.807, 2.05) is 19.2 Å². The van der Waals surface area contributed by atoms with Crippen LogP contribution in [-0.4, -0.2) is 38.1 Å². The number of hydrogen-bond donors (Lipinski definition) is 0. The third-order valence-electron chi connectivity index (χ3n) is 3.78. The second-order valence-corrected chi connectivity index (χ2v) is 5.63. The summed E-state index contributed by atoms with van der Waals surface area (Å²) in [7, 11) is 4.14. The van der Waals surface area contributed by atoms with Gasteiger partial charge in [0.05, 0.1) is 5.69 Å².